The van der Waals surface area contributed by atoms with Crippen LogP contribution < -0.4 is 10.6 Å². The van der Waals surface area contributed by atoms with Crippen LogP contribution in [-0.4, -0.2) is 11.8 Å². The Labute approximate surface area is 136 Å². The minimum absolute atomic E-state index is 0.393. The van der Waals surface area contributed by atoms with E-state index >= 15 is 0 Å². The van der Waals surface area contributed by atoms with Crippen molar-refractivity contribution < 1.29 is 9.59 Å². The highest BCUT2D eigenvalue weighted by Gasteiger charge is 2.14. The van der Waals surface area contributed by atoms with E-state index in [1.54, 1.807) is 30.3 Å². The van der Waals surface area contributed by atoms with Gasteiger partial charge >= 0.3 is 11.8 Å². The average Bonchev–Trinajstić information content (AvgIpc) is 2.51. The molecule has 0 heterocycles. The summed E-state index contributed by atoms with van der Waals surface area (Å²) in [5.74, 6) is -1.58. The second kappa shape index (κ2) is 6.87. The standard InChI is InChI=1S/C16H12BrN3O2/c1-10-5-6-13(8-14(10)17)20-16(22)15(21)19-12-4-2-3-11(7-12)9-18/h2-8H,1H3,(H,19,21)(H,20,22). The summed E-state index contributed by atoms with van der Waals surface area (Å²) >= 11 is 3.36. The number of hydrogen-bond donors (Lipinski definition) is 2. The fraction of sp³-hybridized carbons (Fsp3) is 0.0625. The Kier molecular flexibility index (Phi) is 4.92. The Morgan fingerprint density at radius 3 is 2.27 bits per heavy atom. The van der Waals surface area contributed by atoms with Gasteiger partial charge in [0.2, 0.25) is 0 Å². The number of nitriles is 1. The summed E-state index contributed by atoms with van der Waals surface area (Å²) in [6.45, 7) is 1.92. The van der Waals surface area contributed by atoms with Crippen molar-refractivity contribution in [2.45, 2.75) is 6.92 Å². The first-order valence-corrected chi connectivity index (χ1v) is 7.17. The van der Waals surface area contributed by atoms with Gasteiger partial charge in [-0.15, -0.1) is 0 Å². The molecule has 2 rings (SSSR count). The SMILES string of the molecule is Cc1ccc(NC(=O)C(=O)Nc2cccc(C#N)c2)cc1Br. The number of nitrogens with zero attached hydrogens (tertiary/aromatic N) is 1. The molecule has 2 N–H and O–H groups in total. The van der Waals surface area contributed by atoms with Gasteiger partial charge < -0.3 is 10.6 Å². The van der Waals surface area contributed by atoms with Crippen LogP contribution in [0.25, 0.3) is 0 Å². The molecular weight excluding hydrogens is 346 g/mol. The van der Waals surface area contributed by atoms with E-state index in [2.05, 4.69) is 26.6 Å². The molecule has 2 aromatic carbocycles. The number of aryl methyl sites for hydroxylation is 1. The van der Waals surface area contributed by atoms with Gasteiger partial charge in [0.25, 0.3) is 0 Å². The number of benzene rings is 2. The van der Waals surface area contributed by atoms with Crippen molar-refractivity contribution in [3.05, 3.63) is 58.1 Å². The molecule has 110 valence electrons. The summed E-state index contributed by atoms with van der Waals surface area (Å²) in [5, 5.41) is 13.8. The van der Waals surface area contributed by atoms with Gasteiger partial charge in [0.1, 0.15) is 0 Å². The van der Waals surface area contributed by atoms with E-state index < -0.39 is 11.8 Å². The van der Waals surface area contributed by atoms with Crippen molar-refractivity contribution in [2.75, 3.05) is 10.6 Å². The van der Waals surface area contributed by atoms with Crippen LogP contribution in [0.3, 0.4) is 0 Å². The largest absolute Gasteiger partial charge is 0.318 e. The van der Waals surface area contributed by atoms with E-state index in [0.29, 0.717) is 16.9 Å². The Balaban J connectivity index is 2.04. The van der Waals surface area contributed by atoms with Crippen molar-refractivity contribution in [3.8, 4) is 6.07 Å². The van der Waals surface area contributed by atoms with Crippen molar-refractivity contribution in [1.82, 2.24) is 0 Å². The molecule has 2 amide bonds. The van der Waals surface area contributed by atoms with E-state index in [0.717, 1.165) is 10.0 Å². The second-order valence-corrected chi connectivity index (χ2v) is 5.42. The highest BCUT2D eigenvalue weighted by Crippen LogP contribution is 2.20. The van der Waals surface area contributed by atoms with Crippen molar-refractivity contribution >= 4 is 39.1 Å². The molecule has 0 saturated heterocycles. The predicted octanol–water partition coefficient (Wildman–Crippen LogP) is 3.21. The normalized spacial score (nSPS) is 9.68. The first kappa shape index (κ1) is 15.7. The lowest BCUT2D eigenvalue weighted by molar-refractivity contribution is -0.132. The molecule has 0 aliphatic heterocycles. The Hall–Kier alpha value is -2.65. The zero-order valence-corrected chi connectivity index (χ0v) is 13.3. The molecule has 0 radical (unpaired) electrons. The van der Waals surface area contributed by atoms with Crippen LogP contribution in [-0.2, 0) is 9.59 Å². The Morgan fingerprint density at radius 2 is 1.68 bits per heavy atom. The number of nitrogens with one attached hydrogen (secondary N) is 2. The van der Waals surface area contributed by atoms with Crippen molar-refractivity contribution in [3.63, 3.8) is 0 Å². The molecule has 6 heteroatoms. The molecule has 0 unspecified atom stereocenters. The maximum atomic E-state index is 11.9. The number of rotatable bonds is 2. The third kappa shape index (κ3) is 3.93. The van der Waals surface area contributed by atoms with Gasteiger partial charge in [-0.1, -0.05) is 28.1 Å². The van der Waals surface area contributed by atoms with E-state index in [-0.39, 0.29) is 0 Å². The molecule has 22 heavy (non-hydrogen) atoms. The zero-order chi connectivity index (χ0) is 16.1. The third-order valence-electron chi connectivity index (χ3n) is 2.89. The van der Waals surface area contributed by atoms with E-state index in [4.69, 9.17) is 5.26 Å². The number of carbonyl (C=O) groups is 2. The zero-order valence-electron chi connectivity index (χ0n) is 11.7. The molecule has 0 aliphatic rings. The van der Waals surface area contributed by atoms with Gasteiger partial charge in [-0.25, -0.2) is 0 Å². The molecule has 0 atom stereocenters. The molecule has 0 aromatic heterocycles. The van der Waals surface area contributed by atoms with Gasteiger partial charge in [-0.2, -0.15) is 5.26 Å². The quantitative estimate of drug-likeness (QED) is 0.809. The molecule has 0 spiro atoms. The molecule has 0 aliphatic carbocycles. The van der Waals surface area contributed by atoms with Crippen LogP contribution in [0.4, 0.5) is 11.4 Å². The molecule has 2 aromatic rings. The van der Waals surface area contributed by atoms with Crippen molar-refractivity contribution in [2.24, 2.45) is 0 Å². The van der Waals surface area contributed by atoms with Crippen LogP contribution in [0, 0.1) is 18.3 Å². The minimum Gasteiger partial charge on any atom is -0.318 e. The monoisotopic (exact) mass is 357 g/mol. The summed E-state index contributed by atoms with van der Waals surface area (Å²) in [4.78, 5) is 23.7. The molecular formula is C16H12BrN3O2. The fourth-order valence-electron chi connectivity index (χ4n) is 1.71. The van der Waals surface area contributed by atoms with Gasteiger partial charge in [-0.05, 0) is 42.8 Å². The molecule has 0 fully saturated rings. The van der Waals surface area contributed by atoms with Crippen molar-refractivity contribution in [1.29, 1.82) is 5.26 Å². The highest BCUT2D eigenvalue weighted by molar-refractivity contribution is 9.10. The lowest BCUT2D eigenvalue weighted by Crippen LogP contribution is -2.29. The van der Waals surface area contributed by atoms with Crippen LogP contribution in [0.5, 0.6) is 0 Å². The lowest BCUT2D eigenvalue weighted by atomic mass is 10.2. The lowest BCUT2D eigenvalue weighted by Gasteiger charge is -2.08. The number of anilines is 2. The van der Waals surface area contributed by atoms with Gasteiger partial charge in [0, 0.05) is 15.8 Å². The van der Waals surface area contributed by atoms with Gasteiger partial charge in [0.15, 0.2) is 0 Å². The fourth-order valence-corrected chi connectivity index (χ4v) is 2.09. The van der Waals surface area contributed by atoms with Crippen LogP contribution >= 0.6 is 15.9 Å². The summed E-state index contributed by atoms with van der Waals surface area (Å²) in [6.07, 6.45) is 0. The first-order valence-electron chi connectivity index (χ1n) is 6.38. The number of halogens is 1. The van der Waals surface area contributed by atoms with Crippen LogP contribution in [0.1, 0.15) is 11.1 Å². The molecule has 0 bridgehead atoms. The average molecular weight is 358 g/mol. The molecule has 5 nitrogen and oxygen atoms in total. The predicted molar refractivity (Wildman–Crippen MR) is 87.3 cm³/mol. The minimum atomic E-state index is -0.799. The third-order valence-corrected chi connectivity index (χ3v) is 3.74. The number of amides is 2. The Bertz CT molecular complexity index is 781. The van der Waals surface area contributed by atoms with E-state index in [1.807, 2.05) is 19.1 Å². The van der Waals surface area contributed by atoms with E-state index in [1.165, 1.54) is 6.07 Å². The number of hydrogen-bond acceptors (Lipinski definition) is 3. The Morgan fingerprint density at radius 1 is 1.05 bits per heavy atom. The summed E-state index contributed by atoms with van der Waals surface area (Å²) in [5.41, 5.74) is 2.34. The maximum absolute atomic E-state index is 11.9. The molecule has 0 saturated carbocycles. The van der Waals surface area contributed by atoms with Gasteiger partial charge in [0.05, 0.1) is 11.6 Å². The van der Waals surface area contributed by atoms with Crippen LogP contribution in [0.15, 0.2) is 46.9 Å². The van der Waals surface area contributed by atoms with Gasteiger partial charge in [-0.3, -0.25) is 9.59 Å². The summed E-state index contributed by atoms with van der Waals surface area (Å²) < 4.78 is 0.840. The van der Waals surface area contributed by atoms with E-state index in [9.17, 15) is 9.59 Å². The smallest absolute Gasteiger partial charge is 0.314 e. The topological polar surface area (TPSA) is 82.0 Å². The highest BCUT2D eigenvalue weighted by atomic mass is 79.9. The summed E-state index contributed by atoms with van der Waals surface area (Å²) in [6, 6.07) is 13.6. The maximum Gasteiger partial charge on any atom is 0.314 e. The summed E-state index contributed by atoms with van der Waals surface area (Å²) in [7, 11) is 0. The second-order valence-electron chi connectivity index (χ2n) is 4.56. The number of carbonyl (C=O) groups excluding carboxylic acids is 2. The first-order chi connectivity index (χ1) is 10.5. The van der Waals surface area contributed by atoms with Crippen LogP contribution in [0.2, 0.25) is 0 Å².